The van der Waals surface area contributed by atoms with Crippen molar-refractivity contribution < 1.29 is 13.2 Å². The van der Waals surface area contributed by atoms with E-state index in [0.717, 1.165) is 23.2 Å². The number of anilines is 1. The van der Waals surface area contributed by atoms with Crippen molar-refractivity contribution >= 4 is 37.9 Å². The molecule has 3 aromatic heterocycles. The van der Waals surface area contributed by atoms with E-state index in [9.17, 15) is 13.2 Å². The first kappa shape index (κ1) is 22.9. The van der Waals surface area contributed by atoms with Gasteiger partial charge < -0.3 is 10.2 Å². The minimum Gasteiger partial charge on any atom is -0.367 e. The van der Waals surface area contributed by atoms with Gasteiger partial charge in [-0.05, 0) is 51.4 Å². The molecule has 1 atom stereocenters. The van der Waals surface area contributed by atoms with Crippen molar-refractivity contribution in [2.45, 2.75) is 62.8 Å². The van der Waals surface area contributed by atoms with Crippen LogP contribution in [-0.4, -0.2) is 69.2 Å². The van der Waals surface area contributed by atoms with E-state index >= 15 is 0 Å². The quantitative estimate of drug-likeness (QED) is 0.473. The van der Waals surface area contributed by atoms with Crippen LogP contribution in [0.1, 0.15) is 55.9 Å². The molecule has 2 N–H and O–H groups in total. The molecule has 1 saturated heterocycles. The lowest BCUT2D eigenvalue weighted by atomic mass is 10.1. The standard InChI is InChI=1S/C23H29N7O3S2/c1-14(15-2-3-15)25-20-12-19(26-21(27-20)18-13-24-30-10-11-34-23(18)30)22(31)29-8-6-16(7-9-29)28-35(32,33)17-4-5-17/h10-17,28H,2-9H2,1H3,(H,25,26,27). The third-order valence-electron chi connectivity index (χ3n) is 7.10. The van der Waals surface area contributed by atoms with Crippen LogP contribution in [0.3, 0.4) is 0 Å². The largest absolute Gasteiger partial charge is 0.367 e. The van der Waals surface area contributed by atoms with Gasteiger partial charge in [0.25, 0.3) is 5.91 Å². The fraction of sp³-hybridized carbons (Fsp3) is 0.565. The van der Waals surface area contributed by atoms with Gasteiger partial charge in [-0.1, -0.05) is 0 Å². The van der Waals surface area contributed by atoms with E-state index in [1.807, 2.05) is 11.6 Å². The van der Waals surface area contributed by atoms with E-state index in [4.69, 9.17) is 4.98 Å². The van der Waals surface area contributed by atoms with Gasteiger partial charge >= 0.3 is 0 Å². The van der Waals surface area contributed by atoms with Crippen LogP contribution in [0.5, 0.6) is 0 Å². The van der Waals surface area contributed by atoms with E-state index in [-0.39, 0.29) is 23.2 Å². The van der Waals surface area contributed by atoms with Crippen molar-refractivity contribution in [1.82, 2.24) is 29.2 Å². The van der Waals surface area contributed by atoms with Crippen LogP contribution in [0.4, 0.5) is 5.82 Å². The second-order valence-corrected chi connectivity index (χ2v) is 12.8. The summed E-state index contributed by atoms with van der Waals surface area (Å²) in [6.07, 6.45) is 8.71. The van der Waals surface area contributed by atoms with E-state index in [1.54, 1.807) is 33.0 Å². The fourth-order valence-corrected chi connectivity index (χ4v) is 7.09. The fourth-order valence-electron chi connectivity index (χ4n) is 4.65. The summed E-state index contributed by atoms with van der Waals surface area (Å²) in [7, 11) is -3.23. The Balaban J connectivity index is 1.22. The molecule has 6 rings (SSSR count). The van der Waals surface area contributed by atoms with Crippen molar-refractivity contribution in [2.75, 3.05) is 18.4 Å². The zero-order valence-corrected chi connectivity index (χ0v) is 21.2. The molecule has 3 aromatic rings. The van der Waals surface area contributed by atoms with E-state index in [2.05, 4.69) is 27.0 Å². The third-order valence-corrected chi connectivity index (χ3v) is 10.00. The molecular weight excluding hydrogens is 486 g/mol. The smallest absolute Gasteiger partial charge is 0.272 e. The number of piperidine rings is 1. The highest BCUT2D eigenvalue weighted by Gasteiger charge is 2.38. The summed E-state index contributed by atoms with van der Waals surface area (Å²) in [6.45, 7) is 3.12. The zero-order valence-electron chi connectivity index (χ0n) is 19.6. The van der Waals surface area contributed by atoms with Gasteiger partial charge in [-0.2, -0.15) is 5.10 Å². The Morgan fingerprint density at radius 2 is 1.91 bits per heavy atom. The normalized spacial score (nSPS) is 20.3. The predicted molar refractivity (Wildman–Crippen MR) is 134 cm³/mol. The molecule has 12 heteroatoms. The van der Waals surface area contributed by atoms with Crippen LogP contribution >= 0.6 is 11.3 Å². The topological polar surface area (TPSA) is 122 Å². The molecule has 1 unspecified atom stereocenters. The van der Waals surface area contributed by atoms with E-state index < -0.39 is 10.0 Å². The number of thiazole rings is 1. The van der Waals surface area contributed by atoms with E-state index in [0.29, 0.717) is 49.2 Å². The number of carbonyl (C=O) groups excluding carboxylic acids is 1. The molecule has 4 heterocycles. The Kier molecular flexibility index (Phi) is 5.76. The summed E-state index contributed by atoms with van der Waals surface area (Å²) >= 11 is 1.55. The molecule has 1 amide bonds. The maximum Gasteiger partial charge on any atom is 0.272 e. The molecule has 3 aliphatic rings. The molecule has 10 nitrogen and oxygen atoms in total. The van der Waals surface area contributed by atoms with Crippen LogP contribution in [0.25, 0.3) is 16.2 Å². The number of fused-ring (bicyclic) bond motifs is 1. The van der Waals surface area contributed by atoms with Gasteiger partial charge in [-0.3, -0.25) is 4.79 Å². The van der Waals surface area contributed by atoms with Gasteiger partial charge in [0.15, 0.2) is 5.82 Å². The number of carbonyl (C=O) groups is 1. The first-order valence-corrected chi connectivity index (χ1v) is 14.7. The van der Waals surface area contributed by atoms with E-state index in [1.165, 1.54) is 12.8 Å². The SMILES string of the molecule is CC(Nc1cc(C(=O)N2CCC(NS(=O)(=O)C3CC3)CC2)nc(-c2cnn3ccsc23)n1)C1CC1. The molecule has 2 saturated carbocycles. The van der Waals surface area contributed by atoms with Crippen molar-refractivity contribution in [3.8, 4) is 11.4 Å². The minimum atomic E-state index is -3.23. The first-order chi connectivity index (χ1) is 16.9. The monoisotopic (exact) mass is 515 g/mol. The summed E-state index contributed by atoms with van der Waals surface area (Å²) in [5, 5.41) is 9.57. The van der Waals surface area contributed by atoms with Crippen LogP contribution in [-0.2, 0) is 10.0 Å². The highest BCUT2D eigenvalue weighted by Crippen LogP contribution is 2.34. The Labute approximate surface area is 208 Å². The summed E-state index contributed by atoms with van der Waals surface area (Å²) in [5.74, 6) is 1.59. The zero-order chi connectivity index (χ0) is 24.2. The lowest BCUT2D eigenvalue weighted by molar-refractivity contribution is 0.0705. The van der Waals surface area contributed by atoms with Gasteiger partial charge in [0.1, 0.15) is 16.3 Å². The average Bonchev–Trinajstić information content (AvgIpc) is 3.76. The number of hydrogen-bond acceptors (Lipinski definition) is 8. The second kappa shape index (κ2) is 8.82. The summed E-state index contributed by atoms with van der Waals surface area (Å²) in [4.78, 5) is 25.6. The molecule has 0 aromatic carbocycles. The van der Waals surface area contributed by atoms with Crippen molar-refractivity contribution in [1.29, 1.82) is 0 Å². The summed E-state index contributed by atoms with van der Waals surface area (Å²) in [6, 6.07) is 1.88. The third kappa shape index (κ3) is 4.78. The molecule has 0 spiro atoms. The highest BCUT2D eigenvalue weighted by atomic mass is 32.2. The lowest BCUT2D eigenvalue weighted by Gasteiger charge is -2.32. The Bertz CT molecular complexity index is 1350. The number of likely N-dealkylation sites (tertiary alicyclic amines) is 1. The summed E-state index contributed by atoms with van der Waals surface area (Å²) < 4.78 is 29.2. The van der Waals surface area contributed by atoms with Gasteiger partial charge in [0.05, 0.1) is 17.0 Å². The van der Waals surface area contributed by atoms with Crippen LogP contribution in [0.15, 0.2) is 23.8 Å². The number of sulfonamides is 1. The van der Waals surface area contributed by atoms with Crippen LogP contribution in [0.2, 0.25) is 0 Å². The number of amides is 1. The number of hydrogen-bond donors (Lipinski definition) is 2. The molecule has 0 radical (unpaired) electrons. The van der Waals surface area contributed by atoms with Gasteiger partial charge in [0, 0.05) is 42.8 Å². The van der Waals surface area contributed by atoms with Crippen molar-refractivity contribution in [2.24, 2.45) is 5.92 Å². The maximum atomic E-state index is 13.5. The Morgan fingerprint density at radius 1 is 1.14 bits per heavy atom. The van der Waals surface area contributed by atoms with Crippen molar-refractivity contribution in [3.63, 3.8) is 0 Å². The van der Waals surface area contributed by atoms with Gasteiger partial charge in [-0.15, -0.1) is 11.3 Å². The highest BCUT2D eigenvalue weighted by molar-refractivity contribution is 7.90. The first-order valence-electron chi connectivity index (χ1n) is 12.2. The van der Waals surface area contributed by atoms with Gasteiger partial charge in [-0.25, -0.2) is 27.6 Å². The number of nitrogens with one attached hydrogen (secondary N) is 2. The van der Waals surface area contributed by atoms with Crippen molar-refractivity contribution in [3.05, 3.63) is 29.5 Å². The van der Waals surface area contributed by atoms with Crippen LogP contribution in [0, 0.1) is 5.92 Å². The Morgan fingerprint density at radius 3 is 2.63 bits per heavy atom. The minimum absolute atomic E-state index is 0.123. The van der Waals surface area contributed by atoms with Gasteiger partial charge in [0.2, 0.25) is 10.0 Å². The number of nitrogens with zero attached hydrogens (tertiary/aromatic N) is 5. The second-order valence-electron chi connectivity index (χ2n) is 9.87. The predicted octanol–water partition coefficient (Wildman–Crippen LogP) is 2.75. The summed E-state index contributed by atoms with van der Waals surface area (Å²) in [5.41, 5.74) is 1.14. The maximum absolute atomic E-state index is 13.5. The number of aromatic nitrogens is 4. The molecule has 35 heavy (non-hydrogen) atoms. The molecule has 186 valence electrons. The lowest BCUT2D eigenvalue weighted by Crippen LogP contribution is -2.47. The molecular formula is C23H29N7O3S2. The molecule has 1 aliphatic heterocycles. The number of rotatable bonds is 8. The molecule has 0 bridgehead atoms. The Hall–Kier alpha value is -2.57. The average molecular weight is 516 g/mol. The van der Waals surface area contributed by atoms with Crippen LogP contribution < -0.4 is 10.0 Å². The molecule has 3 fully saturated rings. The molecule has 2 aliphatic carbocycles.